The standard InChI is InChI=1S/C30H24ClN3O3S/c1-21-32-28-15-14-25(30(35)33-38(36,37)17-16-22-8-4-2-5-9-22)19-29(28)34(21)20-26-13-12-24(18-27(26)31)23-10-6-3-7-11-23/h2-19H,20H2,1H3,(H,33,35)/b17-16+. The van der Waals surface area contributed by atoms with E-state index in [9.17, 15) is 13.2 Å². The van der Waals surface area contributed by atoms with Crippen molar-refractivity contribution < 1.29 is 13.2 Å². The van der Waals surface area contributed by atoms with Gasteiger partial charge in [0.25, 0.3) is 15.9 Å². The van der Waals surface area contributed by atoms with Gasteiger partial charge in [0.2, 0.25) is 0 Å². The first-order chi connectivity index (χ1) is 18.3. The van der Waals surface area contributed by atoms with Gasteiger partial charge in [0, 0.05) is 10.6 Å². The van der Waals surface area contributed by atoms with Crippen molar-refractivity contribution >= 4 is 44.6 Å². The normalized spacial score (nSPS) is 11.7. The zero-order valence-corrected chi connectivity index (χ0v) is 22.1. The summed E-state index contributed by atoms with van der Waals surface area (Å²) in [5.74, 6) is 0.0273. The van der Waals surface area contributed by atoms with Crippen molar-refractivity contribution in [1.82, 2.24) is 14.3 Å². The largest absolute Gasteiger partial charge is 0.324 e. The highest BCUT2D eigenvalue weighted by molar-refractivity contribution is 7.93. The summed E-state index contributed by atoms with van der Waals surface area (Å²) in [5, 5.41) is 1.60. The van der Waals surface area contributed by atoms with Gasteiger partial charge in [-0.25, -0.2) is 18.1 Å². The van der Waals surface area contributed by atoms with Crippen LogP contribution in [-0.4, -0.2) is 23.9 Å². The lowest BCUT2D eigenvalue weighted by atomic mass is 10.0. The molecular formula is C30H24ClN3O3S. The van der Waals surface area contributed by atoms with E-state index < -0.39 is 15.9 Å². The molecule has 0 saturated heterocycles. The monoisotopic (exact) mass is 541 g/mol. The molecule has 0 aliphatic rings. The smallest absolute Gasteiger partial charge is 0.265 e. The summed E-state index contributed by atoms with van der Waals surface area (Å²) in [6.45, 7) is 2.32. The summed E-state index contributed by atoms with van der Waals surface area (Å²) in [7, 11) is -3.99. The molecule has 1 aromatic heterocycles. The number of halogens is 1. The number of hydrogen-bond acceptors (Lipinski definition) is 4. The number of aryl methyl sites for hydroxylation is 1. The van der Waals surface area contributed by atoms with Gasteiger partial charge in [-0.15, -0.1) is 0 Å². The number of benzene rings is 4. The predicted octanol–water partition coefficient (Wildman–Crippen LogP) is 6.44. The first-order valence-electron chi connectivity index (χ1n) is 11.9. The molecule has 0 saturated carbocycles. The molecule has 0 fully saturated rings. The Bertz CT molecular complexity index is 1760. The fourth-order valence-electron chi connectivity index (χ4n) is 4.19. The molecule has 0 radical (unpaired) electrons. The van der Waals surface area contributed by atoms with Crippen molar-refractivity contribution in [1.29, 1.82) is 0 Å². The molecule has 0 aliphatic carbocycles. The van der Waals surface area contributed by atoms with Crippen molar-refractivity contribution in [2.24, 2.45) is 0 Å². The predicted molar refractivity (Wildman–Crippen MR) is 152 cm³/mol. The average molecular weight is 542 g/mol. The zero-order chi connectivity index (χ0) is 26.7. The molecule has 0 unspecified atom stereocenters. The third kappa shape index (κ3) is 5.69. The van der Waals surface area contributed by atoms with Crippen LogP contribution in [0, 0.1) is 6.92 Å². The second kappa shape index (κ2) is 10.7. The third-order valence-corrected chi connectivity index (χ3v) is 7.48. The molecule has 1 heterocycles. The Morgan fingerprint density at radius 1 is 0.921 bits per heavy atom. The third-order valence-electron chi connectivity index (χ3n) is 6.16. The van der Waals surface area contributed by atoms with Crippen LogP contribution >= 0.6 is 11.6 Å². The second-order valence-corrected chi connectivity index (χ2v) is 10.8. The van der Waals surface area contributed by atoms with Crippen LogP contribution in [0.2, 0.25) is 5.02 Å². The highest BCUT2D eigenvalue weighted by Crippen LogP contribution is 2.28. The summed E-state index contributed by atoms with van der Waals surface area (Å²) < 4.78 is 29.0. The molecule has 4 aromatic carbocycles. The second-order valence-electron chi connectivity index (χ2n) is 8.81. The number of carbonyl (C=O) groups excluding carboxylic acids is 1. The molecular weight excluding hydrogens is 518 g/mol. The molecule has 0 bridgehead atoms. The van der Waals surface area contributed by atoms with Crippen LogP contribution in [0.3, 0.4) is 0 Å². The van der Waals surface area contributed by atoms with Crippen LogP contribution in [0.5, 0.6) is 0 Å². The van der Waals surface area contributed by atoms with Gasteiger partial charge in [0.05, 0.1) is 23.0 Å². The molecule has 38 heavy (non-hydrogen) atoms. The summed E-state index contributed by atoms with van der Waals surface area (Å²) >= 11 is 6.66. The number of aromatic nitrogens is 2. The number of sulfonamides is 1. The number of carbonyl (C=O) groups is 1. The lowest BCUT2D eigenvalue weighted by molar-refractivity contribution is 0.0982. The lowest BCUT2D eigenvalue weighted by Gasteiger charge is -2.11. The highest BCUT2D eigenvalue weighted by atomic mass is 35.5. The number of nitrogens with one attached hydrogen (secondary N) is 1. The van der Waals surface area contributed by atoms with Gasteiger partial charge in [0.1, 0.15) is 5.82 Å². The highest BCUT2D eigenvalue weighted by Gasteiger charge is 2.17. The number of nitrogens with zero attached hydrogens (tertiary/aromatic N) is 2. The summed E-state index contributed by atoms with van der Waals surface area (Å²) in [5.41, 5.74) is 5.32. The maximum absolute atomic E-state index is 12.8. The molecule has 5 aromatic rings. The van der Waals surface area contributed by atoms with Crippen molar-refractivity contribution in [3.8, 4) is 11.1 Å². The quantitative estimate of drug-likeness (QED) is 0.257. The molecule has 6 nitrogen and oxygen atoms in total. The summed E-state index contributed by atoms with van der Waals surface area (Å²) in [6.07, 6.45) is 1.43. The Labute approximate surface area is 226 Å². The minimum Gasteiger partial charge on any atom is -0.324 e. The van der Waals surface area contributed by atoms with E-state index >= 15 is 0 Å². The van der Waals surface area contributed by atoms with Crippen LogP contribution in [-0.2, 0) is 16.6 Å². The molecule has 0 aliphatic heterocycles. The minimum absolute atomic E-state index is 0.209. The Kier molecular flexibility index (Phi) is 7.13. The molecule has 8 heteroatoms. The van der Waals surface area contributed by atoms with E-state index in [1.165, 1.54) is 6.08 Å². The van der Waals surface area contributed by atoms with E-state index in [0.29, 0.717) is 28.2 Å². The first kappa shape index (κ1) is 25.4. The number of hydrogen-bond donors (Lipinski definition) is 1. The topological polar surface area (TPSA) is 81.1 Å². The zero-order valence-electron chi connectivity index (χ0n) is 20.5. The van der Waals surface area contributed by atoms with E-state index in [-0.39, 0.29) is 5.56 Å². The first-order valence-corrected chi connectivity index (χ1v) is 13.8. The Morgan fingerprint density at radius 3 is 2.34 bits per heavy atom. The van der Waals surface area contributed by atoms with Crippen LogP contribution in [0.25, 0.3) is 28.2 Å². The average Bonchev–Trinajstić information content (AvgIpc) is 3.23. The van der Waals surface area contributed by atoms with Gasteiger partial charge in [-0.1, -0.05) is 84.4 Å². The molecule has 1 N–H and O–H groups in total. The van der Waals surface area contributed by atoms with E-state index in [2.05, 4.69) is 9.71 Å². The van der Waals surface area contributed by atoms with Gasteiger partial charge in [0.15, 0.2) is 0 Å². The van der Waals surface area contributed by atoms with Crippen LogP contribution in [0.4, 0.5) is 0 Å². The van der Waals surface area contributed by atoms with E-state index in [4.69, 9.17) is 11.6 Å². The van der Waals surface area contributed by atoms with E-state index in [1.807, 2.05) is 66.1 Å². The number of fused-ring (bicyclic) bond motifs is 1. The number of imidazole rings is 1. The van der Waals surface area contributed by atoms with Crippen molar-refractivity contribution in [2.45, 2.75) is 13.5 Å². The van der Waals surface area contributed by atoms with Gasteiger partial charge < -0.3 is 4.57 Å². The maximum atomic E-state index is 12.8. The summed E-state index contributed by atoms with van der Waals surface area (Å²) in [6, 6.07) is 29.8. The lowest BCUT2D eigenvalue weighted by Crippen LogP contribution is -2.28. The Balaban J connectivity index is 1.39. The van der Waals surface area contributed by atoms with E-state index in [0.717, 1.165) is 27.9 Å². The fourth-order valence-corrected chi connectivity index (χ4v) is 5.22. The minimum atomic E-state index is -3.99. The van der Waals surface area contributed by atoms with Crippen molar-refractivity contribution in [3.63, 3.8) is 0 Å². The number of rotatable bonds is 7. The van der Waals surface area contributed by atoms with Crippen LogP contribution in [0.15, 0.2) is 102 Å². The molecule has 0 atom stereocenters. The summed E-state index contributed by atoms with van der Waals surface area (Å²) in [4.78, 5) is 17.4. The van der Waals surface area contributed by atoms with Gasteiger partial charge in [-0.05, 0) is 59.5 Å². The van der Waals surface area contributed by atoms with Crippen LogP contribution in [0.1, 0.15) is 27.3 Å². The van der Waals surface area contributed by atoms with Gasteiger partial charge in [-0.2, -0.15) is 0 Å². The van der Waals surface area contributed by atoms with Crippen molar-refractivity contribution in [2.75, 3.05) is 0 Å². The van der Waals surface area contributed by atoms with Gasteiger partial charge >= 0.3 is 0 Å². The van der Waals surface area contributed by atoms with E-state index in [1.54, 1.807) is 42.5 Å². The van der Waals surface area contributed by atoms with Crippen LogP contribution < -0.4 is 4.72 Å². The van der Waals surface area contributed by atoms with Crippen molar-refractivity contribution in [3.05, 3.63) is 130 Å². The molecule has 1 amide bonds. The molecule has 190 valence electrons. The fraction of sp³-hybridized carbons (Fsp3) is 0.0667. The number of amides is 1. The molecule has 0 spiro atoms. The Morgan fingerprint density at radius 2 is 1.63 bits per heavy atom. The maximum Gasteiger partial charge on any atom is 0.265 e. The van der Waals surface area contributed by atoms with Gasteiger partial charge in [-0.3, -0.25) is 4.79 Å². The Hall–Kier alpha value is -4.20. The SMILES string of the molecule is Cc1nc2ccc(C(=O)NS(=O)(=O)/C=C/c3ccccc3)cc2n1Cc1ccc(-c2ccccc2)cc1Cl. The molecule has 5 rings (SSSR count).